The summed E-state index contributed by atoms with van der Waals surface area (Å²) in [5.41, 5.74) is 2.51. The van der Waals surface area contributed by atoms with Crippen molar-refractivity contribution in [1.29, 1.82) is 0 Å². The number of hydrogen-bond acceptors (Lipinski definition) is 5. The van der Waals surface area contributed by atoms with Gasteiger partial charge in [0.25, 0.3) is 5.91 Å². The molecule has 8 heteroatoms. The summed E-state index contributed by atoms with van der Waals surface area (Å²) in [6.07, 6.45) is 3.19. The standard InChI is InChI=1S/C24H19F2N5O/c1-27-24(32)18-6-3-15(10-19(18)26)22-23(29-9-8-28-22)16-12-31(13-16)21-7-4-14-2-5-17(25)11-20(14)30-21/h2-11,16H,12-13H2,1H3,(H,27,32). The molecule has 6 nitrogen and oxygen atoms in total. The lowest BCUT2D eigenvalue weighted by Crippen LogP contribution is -2.46. The average molecular weight is 431 g/mol. The summed E-state index contributed by atoms with van der Waals surface area (Å²) in [7, 11) is 1.46. The van der Waals surface area contributed by atoms with Gasteiger partial charge in [-0.3, -0.25) is 14.8 Å². The highest BCUT2D eigenvalue weighted by Crippen LogP contribution is 2.35. The molecule has 0 unspecified atom stereocenters. The summed E-state index contributed by atoms with van der Waals surface area (Å²) >= 11 is 0. The fraction of sp³-hybridized carbons (Fsp3) is 0.167. The Morgan fingerprint density at radius 2 is 1.81 bits per heavy atom. The summed E-state index contributed by atoms with van der Waals surface area (Å²) < 4.78 is 28.0. The second-order valence-electron chi connectivity index (χ2n) is 7.67. The zero-order valence-electron chi connectivity index (χ0n) is 17.2. The molecular formula is C24H19F2N5O. The third-order valence-electron chi connectivity index (χ3n) is 5.67. The second-order valence-corrected chi connectivity index (χ2v) is 7.67. The Morgan fingerprint density at radius 1 is 1.03 bits per heavy atom. The van der Waals surface area contributed by atoms with Crippen molar-refractivity contribution in [3.8, 4) is 11.3 Å². The number of nitrogens with zero attached hydrogens (tertiary/aromatic N) is 4. The molecular weight excluding hydrogens is 412 g/mol. The Labute approximate surface area is 183 Å². The van der Waals surface area contributed by atoms with E-state index in [0.717, 1.165) is 16.9 Å². The van der Waals surface area contributed by atoms with Gasteiger partial charge in [0.15, 0.2) is 0 Å². The number of carbonyl (C=O) groups is 1. The smallest absolute Gasteiger partial charge is 0.253 e. The zero-order valence-corrected chi connectivity index (χ0v) is 17.2. The van der Waals surface area contributed by atoms with E-state index >= 15 is 0 Å². The third kappa shape index (κ3) is 3.53. The van der Waals surface area contributed by atoms with Gasteiger partial charge in [0.1, 0.15) is 17.5 Å². The predicted octanol–water partition coefficient (Wildman–Crippen LogP) is 3.93. The van der Waals surface area contributed by atoms with Crippen molar-refractivity contribution in [2.45, 2.75) is 5.92 Å². The quantitative estimate of drug-likeness (QED) is 0.530. The third-order valence-corrected chi connectivity index (χ3v) is 5.67. The van der Waals surface area contributed by atoms with E-state index in [1.165, 1.54) is 31.3 Å². The Morgan fingerprint density at radius 3 is 2.59 bits per heavy atom. The van der Waals surface area contributed by atoms with E-state index in [2.05, 4.69) is 25.2 Å². The van der Waals surface area contributed by atoms with Crippen LogP contribution in [0.15, 0.2) is 60.9 Å². The molecule has 0 radical (unpaired) electrons. The Hall–Kier alpha value is -3.94. The minimum atomic E-state index is -0.610. The number of aromatic nitrogens is 3. The number of nitrogens with one attached hydrogen (secondary N) is 1. The van der Waals surface area contributed by atoms with Crippen molar-refractivity contribution in [2.75, 3.05) is 25.0 Å². The molecule has 1 saturated heterocycles. The fourth-order valence-corrected chi connectivity index (χ4v) is 3.95. The summed E-state index contributed by atoms with van der Waals surface area (Å²) in [6.45, 7) is 1.33. The lowest BCUT2D eigenvalue weighted by molar-refractivity contribution is 0.0959. The maximum Gasteiger partial charge on any atom is 0.253 e. The van der Waals surface area contributed by atoms with Crippen molar-refractivity contribution in [3.05, 3.63) is 83.8 Å². The van der Waals surface area contributed by atoms with Gasteiger partial charge in [-0.05, 0) is 36.4 Å². The molecule has 1 aliphatic heterocycles. The van der Waals surface area contributed by atoms with Crippen LogP contribution >= 0.6 is 0 Å². The lowest BCUT2D eigenvalue weighted by Gasteiger charge is -2.40. The molecule has 2 aromatic carbocycles. The number of fused-ring (bicyclic) bond motifs is 1. The molecule has 5 rings (SSSR count). The molecule has 2 aromatic heterocycles. The molecule has 1 amide bonds. The Balaban J connectivity index is 1.39. The van der Waals surface area contributed by atoms with E-state index in [0.29, 0.717) is 29.9 Å². The van der Waals surface area contributed by atoms with E-state index in [1.807, 2.05) is 12.1 Å². The summed E-state index contributed by atoms with van der Waals surface area (Å²) in [6, 6.07) is 12.8. The van der Waals surface area contributed by atoms with E-state index in [4.69, 9.17) is 0 Å². The van der Waals surface area contributed by atoms with Crippen LogP contribution in [0.1, 0.15) is 22.0 Å². The lowest BCUT2D eigenvalue weighted by atomic mass is 9.92. The van der Waals surface area contributed by atoms with E-state index in [-0.39, 0.29) is 17.3 Å². The van der Waals surface area contributed by atoms with Crippen LogP contribution in [-0.4, -0.2) is 41.0 Å². The first-order chi connectivity index (χ1) is 15.5. The number of carbonyl (C=O) groups excluding carboxylic acids is 1. The molecule has 0 aliphatic carbocycles. The fourth-order valence-electron chi connectivity index (χ4n) is 3.95. The van der Waals surface area contributed by atoms with Crippen molar-refractivity contribution in [3.63, 3.8) is 0 Å². The van der Waals surface area contributed by atoms with Gasteiger partial charge < -0.3 is 10.2 Å². The van der Waals surface area contributed by atoms with Gasteiger partial charge in [-0.25, -0.2) is 13.8 Å². The van der Waals surface area contributed by atoms with Crippen LogP contribution in [0.3, 0.4) is 0 Å². The molecule has 4 aromatic rings. The van der Waals surface area contributed by atoms with E-state index in [1.54, 1.807) is 24.5 Å². The van der Waals surface area contributed by atoms with Gasteiger partial charge in [-0.1, -0.05) is 6.07 Å². The molecule has 0 bridgehead atoms. The SMILES string of the molecule is CNC(=O)c1ccc(-c2nccnc2C2CN(c3ccc4ccc(F)cc4n3)C2)cc1F. The minimum absolute atomic E-state index is 0.0182. The van der Waals surface area contributed by atoms with Crippen LogP contribution < -0.4 is 10.2 Å². The molecule has 160 valence electrons. The normalized spacial score (nSPS) is 13.8. The topological polar surface area (TPSA) is 71.0 Å². The predicted molar refractivity (Wildman–Crippen MR) is 117 cm³/mol. The monoisotopic (exact) mass is 431 g/mol. The maximum absolute atomic E-state index is 14.5. The molecule has 0 spiro atoms. The number of hydrogen-bond donors (Lipinski definition) is 1. The van der Waals surface area contributed by atoms with Gasteiger partial charge in [0.2, 0.25) is 0 Å². The van der Waals surface area contributed by atoms with Crippen LogP contribution in [0, 0.1) is 11.6 Å². The van der Waals surface area contributed by atoms with Gasteiger partial charge in [-0.15, -0.1) is 0 Å². The number of benzene rings is 2. The summed E-state index contributed by atoms with van der Waals surface area (Å²) in [4.78, 5) is 27.4. The highest BCUT2D eigenvalue weighted by atomic mass is 19.1. The number of anilines is 1. The second kappa shape index (κ2) is 7.96. The molecule has 0 saturated carbocycles. The Kier molecular flexibility index (Phi) is 4.97. The van der Waals surface area contributed by atoms with Gasteiger partial charge in [0.05, 0.1) is 22.5 Å². The number of rotatable bonds is 4. The van der Waals surface area contributed by atoms with Crippen molar-refractivity contribution < 1.29 is 13.6 Å². The van der Waals surface area contributed by atoms with Gasteiger partial charge in [0, 0.05) is 55.5 Å². The van der Waals surface area contributed by atoms with Gasteiger partial charge in [-0.2, -0.15) is 0 Å². The van der Waals surface area contributed by atoms with Crippen LogP contribution in [-0.2, 0) is 0 Å². The molecule has 1 N–H and O–H groups in total. The van der Waals surface area contributed by atoms with E-state index < -0.39 is 11.7 Å². The molecule has 0 atom stereocenters. The molecule has 32 heavy (non-hydrogen) atoms. The number of halogens is 2. The molecule has 1 aliphatic rings. The van der Waals surface area contributed by atoms with Gasteiger partial charge >= 0.3 is 0 Å². The highest BCUT2D eigenvalue weighted by Gasteiger charge is 2.32. The Bertz CT molecular complexity index is 1340. The number of amides is 1. The molecule has 3 heterocycles. The van der Waals surface area contributed by atoms with E-state index in [9.17, 15) is 13.6 Å². The highest BCUT2D eigenvalue weighted by molar-refractivity contribution is 5.94. The van der Waals surface area contributed by atoms with Crippen molar-refractivity contribution in [1.82, 2.24) is 20.3 Å². The van der Waals surface area contributed by atoms with Crippen LogP contribution in [0.2, 0.25) is 0 Å². The van der Waals surface area contributed by atoms with Crippen LogP contribution in [0.5, 0.6) is 0 Å². The summed E-state index contributed by atoms with van der Waals surface area (Å²) in [5, 5.41) is 3.30. The van der Waals surface area contributed by atoms with Crippen molar-refractivity contribution in [2.24, 2.45) is 0 Å². The average Bonchev–Trinajstić information content (AvgIpc) is 2.77. The zero-order chi connectivity index (χ0) is 22.2. The minimum Gasteiger partial charge on any atom is -0.355 e. The summed E-state index contributed by atoms with van der Waals surface area (Å²) in [5.74, 6) is -0.550. The maximum atomic E-state index is 14.5. The van der Waals surface area contributed by atoms with Crippen LogP contribution in [0.25, 0.3) is 22.2 Å². The largest absolute Gasteiger partial charge is 0.355 e. The van der Waals surface area contributed by atoms with Crippen LogP contribution in [0.4, 0.5) is 14.6 Å². The first-order valence-corrected chi connectivity index (χ1v) is 10.2. The van der Waals surface area contributed by atoms with Crippen molar-refractivity contribution >= 4 is 22.6 Å². The first kappa shape index (κ1) is 20.0. The molecule has 1 fully saturated rings. The number of pyridine rings is 1. The first-order valence-electron chi connectivity index (χ1n) is 10.2.